The zero-order valence-corrected chi connectivity index (χ0v) is 19.3. The Bertz CT molecular complexity index is 1360. The highest BCUT2D eigenvalue weighted by Gasteiger charge is 2.21. The van der Waals surface area contributed by atoms with Gasteiger partial charge in [-0.3, -0.25) is 9.78 Å². The number of pyridine rings is 1. The number of carbonyl (C=O) groups excluding carboxylic acids is 1. The van der Waals surface area contributed by atoms with Gasteiger partial charge in [0.15, 0.2) is 5.82 Å². The number of piperazine rings is 1. The van der Waals surface area contributed by atoms with Crippen molar-refractivity contribution in [2.24, 2.45) is 0 Å². The molecule has 34 heavy (non-hydrogen) atoms. The van der Waals surface area contributed by atoms with E-state index in [1.54, 1.807) is 30.6 Å². The van der Waals surface area contributed by atoms with Crippen LogP contribution in [0.1, 0.15) is 10.4 Å². The second-order valence-electron chi connectivity index (χ2n) is 8.22. The topological polar surface area (TPSA) is 74.2 Å². The number of anilines is 2. The van der Waals surface area contributed by atoms with Gasteiger partial charge in [-0.15, -0.1) is 0 Å². The zero-order valence-electron chi connectivity index (χ0n) is 18.5. The summed E-state index contributed by atoms with van der Waals surface area (Å²) < 4.78 is 13.6. The minimum absolute atomic E-state index is 0.0101. The molecule has 7 nitrogen and oxygen atoms in total. The molecule has 2 aromatic carbocycles. The number of rotatable bonds is 4. The van der Waals surface area contributed by atoms with Crippen LogP contribution in [-0.4, -0.2) is 63.9 Å². The number of hydrogen-bond donors (Lipinski definition) is 1. The maximum absolute atomic E-state index is 13.6. The van der Waals surface area contributed by atoms with Gasteiger partial charge in [0.05, 0.1) is 10.5 Å². The summed E-state index contributed by atoms with van der Waals surface area (Å²) in [7, 11) is 2.05. The van der Waals surface area contributed by atoms with Crippen molar-refractivity contribution < 1.29 is 9.18 Å². The SMILES string of the molecule is CN1CCN(C(=O)c2ccc3c(Nc4ccc(F)c(Cl)c4)nc(-c4cccnc4)nc3c2)CC1. The van der Waals surface area contributed by atoms with Crippen LogP contribution in [0, 0.1) is 5.82 Å². The monoisotopic (exact) mass is 476 g/mol. The first-order chi connectivity index (χ1) is 16.5. The second-order valence-corrected chi connectivity index (χ2v) is 8.63. The van der Waals surface area contributed by atoms with Crippen LogP contribution in [0.15, 0.2) is 60.9 Å². The molecule has 1 fully saturated rings. The van der Waals surface area contributed by atoms with Crippen LogP contribution in [-0.2, 0) is 0 Å². The molecule has 1 aliphatic rings. The molecule has 0 saturated carbocycles. The van der Waals surface area contributed by atoms with Crippen molar-refractivity contribution in [1.29, 1.82) is 0 Å². The Balaban J connectivity index is 1.57. The van der Waals surface area contributed by atoms with Gasteiger partial charge >= 0.3 is 0 Å². The molecule has 1 amide bonds. The Morgan fingerprint density at radius 1 is 1.06 bits per heavy atom. The summed E-state index contributed by atoms with van der Waals surface area (Å²) in [6.07, 6.45) is 3.36. The number of nitrogens with one attached hydrogen (secondary N) is 1. The second kappa shape index (κ2) is 9.32. The fourth-order valence-electron chi connectivity index (χ4n) is 3.88. The Morgan fingerprint density at radius 3 is 2.62 bits per heavy atom. The smallest absolute Gasteiger partial charge is 0.254 e. The minimum Gasteiger partial charge on any atom is -0.340 e. The molecule has 0 radical (unpaired) electrons. The molecule has 1 N–H and O–H groups in total. The van der Waals surface area contributed by atoms with Gasteiger partial charge in [0.2, 0.25) is 0 Å². The number of amides is 1. The summed E-state index contributed by atoms with van der Waals surface area (Å²) in [6, 6.07) is 13.5. The molecular formula is C25H22ClFN6O. The van der Waals surface area contributed by atoms with E-state index < -0.39 is 5.82 Å². The van der Waals surface area contributed by atoms with Gasteiger partial charge in [-0.2, -0.15) is 0 Å². The van der Waals surface area contributed by atoms with Gasteiger partial charge in [0, 0.05) is 60.8 Å². The third-order valence-electron chi connectivity index (χ3n) is 5.84. The summed E-state index contributed by atoms with van der Waals surface area (Å²) in [6.45, 7) is 3.08. The van der Waals surface area contributed by atoms with Crippen molar-refractivity contribution in [3.05, 3.63) is 77.3 Å². The maximum Gasteiger partial charge on any atom is 0.254 e. The third-order valence-corrected chi connectivity index (χ3v) is 6.13. The van der Waals surface area contributed by atoms with E-state index >= 15 is 0 Å². The minimum atomic E-state index is -0.497. The number of carbonyl (C=O) groups is 1. The lowest BCUT2D eigenvalue weighted by Crippen LogP contribution is -2.47. The lowest BCUT2D eigenvalue weighted by molar-refractivity contribution is 0.0664. The number of fused-ring (bicyclic) bond motifs is 1. The molecular weight excluding hydrogens is 455 g/mol. The lowest BCUT2D eigenvalue weighted by atomic mass is 10.1. The number of benzene rings is 2. The van der Waals surface area contributed by atoms with E-state index in [1.807, 2.05) is 23.1 Å². The standard InChI is InChI=1S/C25H22ClFN6O/c1-32-9-11-33(12-10-32)25(34)16-4-6-19-22(13-16)30-23(17-3-2-8-28-15-17)31-24(19)29-18-5-7-21(27)20(26)14-18/h2-8,13-15H,9-12H2,1H3,(H,29,30,31). The zero-order chi connectivity index (χ0) is 23.7. The molecule has 0 atom stereocenters. The van der Waals surface area contributed by atoms with Crippen molar-refractivity contribution >= 4 is 39.9 Å². The number of aromatic nitrogens is 3. The Morgan fingerprint density at radius 2 is 1.88 bits per heavy atom. The summed E-state index contributed by atoms with van der Waals surface area (Å²) in [5.41, 5.74) is 2.51. The first kappa shape index (κ1) is 22.2. The molecule has 1 aliphatic heterocycles. The molecule has 0 unspecified atom stereocenters. The van der Waals surface area contributed by atoms with Gasteiger partial charge in [0.1, 0.15) is 11.6 Å². The summed E-state index contributed by atoms with van der Waals surface area (Å²) in [5.74, 6) is 0.463. The highest BCUT2D eigenvalue weighted by Crippen LogP contribution is 2.29. The van der Waals surface area contributed by atoms with E-state index in [4.69, 9.17) is 21.6 Å². The van der Waals surface area contributed by atoms with Crippen LogP contribution in [0.3, 0.4) is 0 Å². The average Bonchev–Trinajstić information content (AvgIpc) is 2.86. The molecule has 3 heterocycles. The fraction of sp³-hybridized carbons (Fsp3) is 0.200. The predicted octanol–water partition coefficient (Wildman–Crippen LogP) is 4.62. The van der Waals surface area contributed by atoms with Crippen molar-refractivity contribution in [3.63, 3.8) is 0 Å². The van der Waals surface area contributed by atoms with E-state index in [0.717, 1.165) is 24.0 Å². The van der Waals surface area contributed by atoms with Crippen molar-refractivity contribution in [3.8, 4) is 11.4 Å². The van der Waals surface area contributed by atoms with Crippen LogP contribution < -0.4 is 5.32 Å². The van der Waals surface area contributed by atoms with Crippen molar-refractivity contribution in [1.82, 2.24) is 24.8 Å². The maximum atomic E-state index is 13.6. The Kier molecular flexibility index (Phi) is 6.08. The lowest BCUT2D eigenvalue weighted by Gasteiger charge is -2.32. The quantitative estimate of drug-likeness (QED) is 0.463. The van der Waals surface area contributed by atoms with Gasteiger partial charge in [0.25, 0.3) is 5.91 Å². The summed E-state index contributed by atoms with van der Waals surface area (Å²) in [4.78, 5) is 30.8. The van der Waals surface area contributed by atoms with Crippen LogP contribution in [0.25, 0.3) is 22.3 Å². The number of hydrogen-bond acceptors (Lipinski definition) is 6. The first-order valence-electron chi connectivity index (χ1n) is 10.9. The molecule has 0 aliphatic carbocycles. The molecule has 4 aromatic rings. The molecule has 2 aromatic heterocycles. The van der Waals surface area contributed by atoms with Gasteiger partial charge in [-0.05, 0) is 55.6 Å². The molecule has 172 valence electrons. The van der Waals surface area contributed by atoms with E-state index in [1.165, 1.54) is 12.1 Å². The molecule has 9 heteroatoms. The molecule has 5 rings (SSSR count). The van der Waals surface area contributed by atoms with Crippen LogP contribution in [0.4, 0.5) is 15.9 Å². The van der Waals surface area contributed by atoms with E-state index in [0.29, 0.717) is 41.5 Å². The number of halogens is 2. The molecule has 1 saturated heterocycles. The largest absolute Gasteiger partial charge is 0.340 e. The van der Waals surface area contributed by atoms with Crippen LogP contribution in [0.2, 0.25) is 5.02 Å². The van der Waals surface area contributed by atoms with Crippen molar-refractivity contribution in [2.75, 3.05) is 38.5 Å². The van der Waals surface area contributed by atoms with Gasteiger partial charge in [-0.1, -0.05) is 11.6 Å². The van der Waals surface area contributed by atoms with E-state index in [2.05, 4.69) is 22.2 Å². The third kappa shape index (κ3) is 4.55. The van der Waals surface area contributed by atoms with Crippen LogP contribution in [0.5, 0.6) is 0 Å². The Hall–Kier alpha value is -3.62. The highest BCUT2D eigenvalue weighted by atomic mass is 35.5. The number of nitrogens with zero attached hydrogens (tertiary/aromatic N) is 5. The van der Waals surface area contributed by atoms with E-state index in [9.17, 15) is 9.18 Å². The normalized spacial score (nSPS) is 14.4. The molecule has 0 bridgehead atoms. The van der Waals surface area contributed by atoms with Crippen LogP contribution >= 0.6 is 11.6 Å². The summed E-state index contributed by atoms with van der Waals surface area (Å²) in [5, 5.41) is 3.95. The van der Waals surface area contributed by atoms with Gasteiger partial charge in [-0.25, -0.2) is 14.4 Å². The average molecular weight is 477 g/mol. The highest BCUT2D eigenvalue weighted by molar-refractivity contribution is 6.31. The number of likely N-dealkylation sites (N-methyl/N-ethyl adjacent to an activating group) is 1. The van der Waals surface area contributed by atoms with E-state index in [-0.39, 0.29) is 10.9 Å². The van der Waals surface area contributed by atoms with Crippen molar-refractivity contribution in [2.45, 2.75) is 0 Å². The summed E-state index contributed by atoms with van der Waals surface area (Å²) >= 11 is 5.96. The predicted molar refractivity (Wildman–Crippen MR) is 131 cm³/mol. The van der Waals surface area contributed by atoms with Gasteiger partial charge < -0.3 is 15.1 Å². The Labute approximate surface area is 201 Å². The fourth-order valence-corrected chi connectivity index (χ4v) is 4.07. The first-order valence-corrected chi connectivity index (χ1v) is 11.3. The molecule has 0 spiro atoms.